The molecule has 0 saturated carbocycles. The van der Waals surface area contributed by atoms with Gasteiger partial charge in [-0.2, -0.15) is 0 Å². The molecule has 0 amide bonds. The van der Waals surface area contributed by atoms with Crippen LogP contribution in [0.4, 0.5) is 4.39 Å². The Kier molecular flexibility index (Phi) is 5.82. The third-order valence-electron chi connectivity index (χ3n) is 7.62. The van der Waals surface area contributed by atoms with Crippen LogP contribution in [-0.4, -0.2) is 35.3 Å². The number of aromatic nitrogens is 1. The van der Waals surface area contributed by atoms with E-state index in [4.69, 9.17) is 14.2 Å². The number of aliphatic hydroxyl groups is 1. The first-order chi connectivity index (χ1) is 17.6. The molecule has 0 saturated heterocycles. The van der Waals surface area contributed by atoms with Crippen LogP contribution in [0.1, 0.15) is 34.0 Å². The minimum absolute atomic E-state index is 0.0518. The summed E-state index contributed by atoms with van der Waals surface area (Å²) in [6.45, 7) is 1.77. The predicted molar refractivity (Wildman–Crippen MR) is 135 cm³/mol. The van der Waals surface area contributed by atoms with E-state index < -0.39 is 0 Å². The fourth-order valence-electron chi connectivity index (χ4n) is 5.77. The predicted octanol–water partition coefficient (Wildman–Crippen LogP) is 4.98. The van der Waals surface area contributed by atoms with Crippen molar-refractivity contribution in [2.45, 2.75) is 38.8 Å². The monoisotopic (exact) mass is 488 g/mol. The highest BCUT2D eigenvalue weighted by Gasteiger charge is 2.36. The molecule has 1 N–H and O–H groups in total. The Hall–Kier alpha value is -3.55. The first-order valence-electron chi connectivity index (χ1n) is 12.2. The van der Waals surface area contributed by atoms with Crippen molar-refractivity contribution in [2.75, 3.05) is 20.8 Å². The van der Waals surface area contributed by atoms with Gasteiger partial charge in [0, 0.05) is 35.8 Å². The van der Waals surface area contributed by atoms with Gasteiger partial charge in [-0.15, -0.1) is 0 Å². The number of halogens is 1. The van der Waals surface area contributed by atoms with E-state index in [0.717, 1.165) is 48.3 Å². The number of nitrogens with zero attached hydrogens (tertiary/aromatic N) is 2. The maximum Gasteiger partial charge on any atom is 0.161 e. The number of methoxy groups -OCH3 is 2. The summed E-state index contributed by atoms with van der Waals surface area (Å²) in [5, 5.41) is 11.3. The van der Waals surface area contributed by atoms with Gasteiger partial charge in [-0.1, -0.05) is 18.2 Å². The van der Waals surface area contributed by atoms with Crippen LogP contribution in [0, 0.1) is 5.82 Å². The Bertz CT molecular complexity index is 1450. The van der Waals surface area contributed by atoms with Crippen LogP contribution in [-0.2, 0) is 32.7 Å². The largest absolute Gasteiger partial charge is 0.497 e. The van der Waals surface area contributed by atoms with Crippen molar-refractivity contribution in [1.29, 1.82) is 0 Å². The van der Waals surface area contributed by atoms with E-state index in [-0.39, 0.29) is 25.2 Å². The molecule has 6 nitrogen and oxygen atoms in total. The SMILES string of the molecule is COc1ccc2c(c1)c1c(n2CO)CN2CCc3cc(OCc4ccccc4F)c(OC)cc3C2C1. The van der Waals surface area contributed by atoms with Crippen molar-refractivity contribution in [3.63, 3.8) is 0 Å². The summed E-state index contributed by atoms with van der Waals surface area (Å²) in [4.78, 5) is 2.48. The molecule has 0 spiro atoms. The maximum absolute atomic E-state index is 14.1. The molecule has 0 fully saturated rings. The van der Waals surface area contributed by atoms with Crippen LogP contribution >= 0.6 is 0 Å². The summed E-state index contributed by atoms with van der Waals surface area (Å²) in [6.07, 6.45) is 1.71. The van der Waals surface area contributed by atoms with Crippen molar-refractivity contribution in [3.8, 4) is 17.2 Å². The van der Waals surface area contributed by atoms with Gasteiger partial charge in [0.25, 0.3) is 0 Å². The molecule has 1 aromatic heterocycles. The molecule has 186 valence electrons. The summed E-state index contributed by atoms with van der Waals surface area (Å²) in [5.41, 5.74) is 6.42. The van der Waals surface area contributed by atoms with Crippen LogP contribution in [0.5, 0.6) is 17.2 Å². The third-order valence-corrected chi connectivity index (χ3v) is 7.62. The van der Waals surface area contributed by atoms with Gasteiger partial charge < -0.3 is 23.9 Å². The Morgan fingerprint density at radius 1 is 1.03 bits per heavy atom. The van der Waals surface area contributed by atoms with E-state index in [9.17, 15) is 9.50 Å². The lowest BCUT2D eigenvalue weighted by molar-refractivity contribution is 0.145. The highest BCUT2D eigenvalue weighted by Crippen LogP contribution is 2.45. The van der Waals surface area contributed by atoms with Crippen molar-refractivity contribution in [2.24, 2.45) is 0 Å². The molecule has 2 aliphatic rings. The van der Waals surface area contributed by atoms with E-state index in [2.05, 4.69) is 23.1 Å². The molecule has 3 aromatic carbocycles. The molecule has 3 heterocycles. The topological polar surface area (TPSA) is 56.1 Å². The Balaban J connectivity index is 1.36. The van der Waals surface area contributed by atoms with Crippen molar-refractivity contribution in [1.82, 2.24) is 9.47 Å². The lowest BCUT2D eigenvalue weighted by Crippen LogP contribution is -2.39. The smallest absolute Gasteiger partial charge is 0.161 e. The van der Waals surface area contributed by atoms with E-state index in [1.54, 1.807) is 32.4 Å². The van der Waals surface area contributed by atoms with Gasteiger partial charge >= 0.3 is 0 Å². The molecule has 2 aliphatic heterocycles. The molecule has 7 heteroatoms. The second-order valence-corrected chi connectivity index (χ2v) is 9.40. The molecular weight excluding hydrogens is 459 g/mol. The van der Waals surface area contributed by atoms with Gasteiger partial charge in [-0.25, -0.2) is 4.39 Å². The maximum atomic E-state index is 14.1. The van der Waals surface area contributed by atoms with Crippen molar-refractivity contribution in [3.05, 3.63) is 88.4 Å². The highest BCUT2D eigenvalue weighted by molar-refractivity contribution is 5.87. The van der Waals surface area contributed by atoms with E-state index in [1.165, 1.54) is 22.8 Å². The zero-order chi connectivity index (χ0) is 24.8. The fourth-order valence-corrected chi connectivity index (χ4v) is 5.77. The summed E-state index contributed by atoms with van der Waals surface area (Å²) >= 11 is 0. The molecular formula is C29H29FN2O4. The van der Waals surface area contributed by atoms with Crippen LogP contribution in [0.2, 0.25) is 0 Å². The molecule has 6 rings (SSSR count). The number of hydrogen-bond donors (Lipinski definition) is 1. The van der Waals surface area contributed by atoms with Gasteiger partial charge in [-0.3, -0.25) is 4.90 Å². The number of fused-ring (bicyclic) bond motifs is 6. The zero-order valence-electron chi connectivity index (χ0n) is 20.5. The summed E-state index contributed by atoms with van der Waals surface area (Å²) in [7, 11) is 3.31. The summed E-state index contributed by atoms with van der Waals surface area (Å²) < 4.78 is 33.3. The number of rotatable bonds is 6. The van der Waals surface area contributed by atoms with Crippen LogP contribution < -0.4 is 14.2 Å². The normalized spacial score (nSPS) is 16.8. The Morgan fingerprint density at radius 3 is 2.67 bits per heavy atom. The molecule has 0 radical (unpaired) electrons. The first kappa shape index (κ1) is 22.9. The average Bonchev–Trinajstić information content (AvgIpc) is 3.22. The number of benzene rings is 3. The molecule has 0 aliphatic carbocycles. The number of hydrogen-bond acceptors (Lipinski definition) is 5. The van der Waals surface area contributed by atoms with Gasteiger partial charge in [0.15, 0.2) is 11.5 Å². The van der Waals surface area contributed by atoms with Gasteiger partial charge in [0.2, 0.25) is 0 Å². The van der Waals surface area contributed by atoms with E-state index >= 15 is 0 Å². The lowest BCUT2D eigenvalue weighted by atomic mass is 9.85. The van der Waals surface area contributed by atoms with Gasteiger partial charge in [-0.05, 0) is 65.9 Å². The third kappa shape index (κ3) is 3.70. The minimum atomic E-state index is -0.276. The number of aliphatic hydroxyl groups excluding tert-OH is 1. The quantitative estimate of drug-likeness (QED) is 0.415. The standard InChI is InChI=1S/C29H29FN2O4/c1-34-20-7-8-25-22(12-20)23-13-26-21-14-28(35-2)29(36-16-19-5-3-4-6-24(19)30)11-18(21)9-10-31(26)15-27(23)32(25)17-33/h3-8,11-12,14,26,33H,9-10,13,15-17H2,1-2H3. The average molecular weight is 489 g/mol. The Labute approximate surface area is 209 Å². The number of ether oxygens (including phenoxy) is 3. The second kappa shape index (κ2) is 9.15. The van der Waals surface area contributed by atoms with Crippen molar-refractivity contribution < 1.29 is 23.7 Å². The molecule has 36 heavy (non-hydrogen) atoms. The summed E-state index contributed by atoms with van der Waals surface area (Å²) in [5.74, 6) is 1.81. The molecule has 4 aromatic rings. The summed E-state index contributed by atoms with van der Waals surface area (Å²) in [6, 6.07) is 17.0. The van der Waals surface area contributed by atoms with E-state index in [1.807, 2.05) is 16.7 Å². The fraction of sp³-hybridized carbons (Fsp3) is 0.310. The first-order valence-corrected chi connectivity index (χ1v) is 12.2. The zero-order valence-corrected chi connectivity index (χ0v) is 20.5. The van der Waals surface area contributed by atoms with Crippen LogP contribution in [0.15, 0.2) is 54.6 Å². The van der Waals surface area contributed by atoms with Gasteiger partial charge in [0.05, 0.1) is 19.7 Å². The Morgan fingerprint density at radius 2 is 1.89 bits per heavy atom. The molecule has 0 bridgehead atoms. The van der Waals surface area contributed by atoms with Crippen LogP contribution in [0.25, 0.3) is 10.9 Å². The van der Waals surface area contributed by atoms with Gasteiger partial charge in [0.1, 0.15) is 24.9 Å². The minimum Gasteiger partial charge on any atom is -0.497 e. The van der Waals surface area contributed by atoms with E-state index in [0.29, 0.717) is 17.1 Å². The highest BCUT2D eigenvalue weighted by atomic mass is 19.1. The van der Waals surface area contributed by atoms with Crippen molar-refractivity contribution >= 4 is 10.9 Å². The van der Waals surface area contributed by atoms with Crippen LogP contribution in [0.3, 0.4) is 0 Å². The lowest BCUT2D eigenvalue weighted by Gasteiger charge is -2.41. The molecule has 1 unspecified atom stereocenters. The second-order valence-electron chi connectivity index (χ2n) is 9.40. The molecule has 1 atom stereocenters.